The van der Waals surface area contributed by atoms with Gasteiger partial charge in [-0.1, -0.05) is 30.3 Å². The zero-order valence-corrected chi connectivity index (χ0v) is 13.9. The number of likely N-dealkylation sites (tertiary alicyclic amines) is 1. The maximum Gasteiger partial charge on any atom is 0.308 e. The number of H-pyrrole nitrogens is 1. The summed E-state index contributed by atoms with van der Waals surface area (Å²) in [5.74, 6) is -1.77. The van der Waals surface area contributed by atoms with Crippen molar-refractivity contribution < 1.29 is 14.7 Å². The molecule has 2 aromatic rings. The normalized spacial score (nSPS) is 22.6. The van der Waals surface area contributed by atoms with Crippen LogP contribution in [-0.2, 0) is 17.6 Å². The quantitative estimate of drug-likeness (QED) is 0.898. The predicted molar refractivity (Wildman–Crippen MR) is 91.4 cm³/mol. The van der Waals surface area contributed by atoms with Gasteiger partial charge in [0.25, 0.3) is 5.91 Å². The maximum atomic E-state index is 13.0. The smallest absolute Gasteiger partial charge is 0.308 e. The van der Waals surface area contributed by atoms with Crippen LogP contribution in [0.4, 0.5) is 0 Å². The Balaban J connectivity index is 1.60. The molecule has 0 bridgehead atoms. The lowest BCUT2D eigenvalue weighted by Crippen LogP contribution is -2.31. The number of aliphatic carboxylic acids is 1. The average molecular weight is 339 g/mol. The number of aromatic nitrogens is 2. The molecule has 1 aliphatic heterocycles. The molecule has 2 N–H and O–H groups in total. The molecule has 130 valence electrons. The monoisotopic (exact) mass is 339 g/mol. The van der Waals surface area contributed by atoms with Crippen molar-refractivity contribution in [1.29, 1.82) is 0 Å². The zero-order chi connectivity index (χ0) is 17.4. The van der Waals surface area contributed by atoms with Gasteiger partial charge in [0.2, 0.25) is 0 Å². The molecule has 6 nitrogen and oxygen atoms in total. The average Bonchev–Trinajstić information content (AvgIpc) is 3.27. The molecular formula is C19H21N3O3. The second kappa shape index (κ2) is 6.35. The third-order valence-electron chi connectivity index (χ3n) is 5.41. The Hall–Kier alpha value is -2.63. The summed E-state index contributed by atoms with van der Waals surface area (Å²) in [5, 5.41) is 16.8. The minimum atomic E-state index is -0.854. The van der Waals surface area contributed by atoms with Gasteiger partial charge < -0.3 is 10.0 Å². The summed E-state index contributed by atoms with van der Waals surface area (Å²) in [5.41, 5.74) is 3.52. The van der Waals surface area contributed by atoms with Gasteiger partial charge in [-0.3, -0.25) is 14.7 Å². The lowest BCUT2D eigenvalue weighted by atomic mass is 9.89. The van der Waals surface area contributed by atoms with Gasteiger partial charge in [-0.2, -0.15) is 5.10 Å². The van der Waals surface area contributed by atoms with Crippen LogP contribution in [0, 0.1) is 5.92 Å². The third kappa shape index (κ3) is 2.81. The fourth-order valence-corrected chi connectivity index (χ4v) is 4.07. The number of carboxylic acid groups (broad SMARTS) is 1. The van der Waals surface area contributed by atoms with Crippen molar-refractivity contribution in [2.75, 3.05) is 13.1 Å². The maximum absolute atomic E-state index is 13.0. The van der Waals surface area contributed by atoms with Crippen LogP contribution in [-0.4, -0.2) is 45.2 Å². The lowest BCUT2D eigenvalue weighted by molar-refractivity contribution is -0.141. The first-order valence-electron chi connectivity index (χ1n) is 8.78. The van der Waals surface area contributed by atoms with Crippen LogP contribution < -0.4 is 0 Å². The number of fused-ring (bicyclic) bond motifs is 1. The predicted octanol–water partition coefficient (Wildman–Crippen LogP) is 2.23. The van der Waals surface area contributed by atoms with Crippen molar-refractivity contribution >= 4 is 11.9 Å². The Morgan fingerprint density at radius 1 is 1.12 bits per heavy atom. The highest BCUT2D eigenvalue weighted by molar-refractivity contribution is 5.95. The minimum Gasteiger partial charge on any atom is -0.481 e. The number of amides is 1. The number of nitrogens with zero attached hydrogens (tertiary/aromatic N) is 2. The van der Waals surface area contributed by atoms with Crippen molar-refractivity contribution in [2.45, 2.75) is 31.6 Å². The van der Waals surface area contributed by atoms with Crippen molar-refractivity contribution in [3.8, 4) is 0 Å². The van der Waals surface area contributed by atoms with Crippen LogP contribution in [0.25, 0.3) is 0 Å². The standard InChI is InChI=1S/C19H21N3O3/c23-18(17-13-8-4-5-9-16(13)20-21-17)22-10-14(15(11-22)19(24)25)12-6-2-1-3-7-12/h1-3,6-7,14-15H,4-5,8-11H2,(H,20,21)(H,24,25)/t14-,15-/m1/s1. The fourth-order valence-electron chi connectivity index (χ4n) is 4.07. The van der Waals surface area contributed by atoms with E-state index in [0.717, 1.165) is 42.5 Å². The number of hydrogen-bond donors (Lipinski definition) is 2. The third-order valence-corrected chi connectivity index (χ3v) is 5.41. The number of aromatic amines is 1. The molecule has 2 aliphatic rings. The van der Waals surface area contributed by atoms with Gasteiger partial charge in [-0.05, 0) is 31.2 Å². The SMILES string of the molecule is O=C(O)[C@@H]1CN(C(=O)c2n[nH]c3c2CCCC3)C[C@@H]1c1ccccc1. The van der Waals surface area contributed by atoms with E-state index in [1.165, 1.54) is 0 Å². The first-order valence-corrected chi connectivity index (χ1v) is 8.78. The van der Waals surface area contributed by atoms with Crippen LogP contribution in [0.5, 0.6) is 0 Å². The molecule has 1 aliphatic carbocycles. The van der Waals surface area contributed by atoms with Gasteiger partial charge in [0.15, 0.2) is 5.69 Å². The Labute approximate surface area is 145 Å². The van der Waals surface area contributed by atoms with Crippen molar-refractivity contribution in [2.24, 2.45) is 5.92 Å². The summed E-state index contributed by atoms with van der Waals surface area (Å²) in [6, 6.07) is 9.59. The largest absolute Gasteiger partial charge is 0.481 e. The van der Waals surface area contributed by atoms with Gasteiger partial charge in [0, 0.05) is 30.3 Å². The number of aryl methyl sites for hydroxylation is 1. The van der Waals surface area contributed by atoms with Crippen molar-refractivity contribution in [1.82, 2.24) is 15.1 Å². The summed E-state index contributed by atoms with van der Waals surface area (Å²) < 4.78 is 0. The van der Waals surface area contributed by atoms with E-state index in [0.29, 0.717) is 12.2 Å². The Kier molecular flexibility index (Phi) is 4.03. The fraction of sp³-hybridized carbons (Fsp3) is 0.421. The first kappa shape index (κ1) is 15.9. The Morgan fingerprint density at radius 2 is 1.88 bits per heavy atom. The highest BCUT2D eigenvalue weighted by Gasteiger charge is 2.41. The molecule has 0 unspecified atom stereocenters. The van der Waals surface area contributed by atoms with Gasteiger partial charge in [-0.15, -0.1) is 0 Å². The number of benzene rings is 1. The van der Waals surface area contributed by atoms with Crippen LogP contribution in [0.2, 0.25) is 0 Å². The molecule has 2 heterocycles. The van der Waals surface area contributed by atoms with Gasteiger partial charge in [-0.25, -0.2) is 0 Å². The molecule has 1 aromatic heterocycles. The van der Waals surface area contributed by atoms with Crippen molar-refractivity contribution in [3.05, 3.63) is 52.8 Å². The van der Waals surface area contributed by atoms with E-state index in [-0.39, 0.29) is 18.4 Å². The summed E-state index contributed by atoms with van der Waals surface area (Å²) in [6.45, 7) is 0.650. The highest BCUT2D eigenvalue weighted by atomic mass is 16.4. The van der Waals surface area contributed by atoms with E-state index in [2.05, 4.69) is 10.2 Å². The summed E-state index contributed by atoms with van der Waals surface area (Å²) in [6.07, 6.45) is 3.98. The molecule has 0 radical (unpaired) electrons. The van der Waals surface area contributed by atoms with E-state index >= 15 is 0 Å². The molecule has 1 saturated heterocycles. The molecule has 0 spiro atoms. The number of nitrogens with one attached hydrogen (secondary N) is 1. The second-order valence-corrected chi connectivity index (χ2v) is 6.91. The lowest BCUT2D eigenvalue weighted by Gasteiger charge is -2.17. The molecule has 1 fully saturated rings. The van der Waals surface area contributed by atoms with E-state index < -0.39 is 11.9 Å². The molecule has 1 aromatic carbocycles. The van der Waals surface area contributed by atoms with Crippen LogP contribution >= 0.6 is 0 Å². The Morgan fingerprint density at radius 3 is 2.64 bits per heavy atom. The molecule has 4 rings (SSSR count). The molecular weight excluding hydrogens is 318 g/mol. The van der Waals surface area contributed by atoms with Crippen LogP contribution in [0.3, 0.4) is 0 Å². The van der Waals surface area contributed by atoms with E-state index in [1.54, 1.807) is 4.90 Å². The number of carboxylic acids is 1. The zero-order valence-electron chi connectivity index (χ0n) is 13.9. The number of carbonyl (C=O) groups excluding carboxylic acids is 1. The van der Waals surface area contributed by atoms with Crippen LogP contribution in [0.1, 0.15) is 46.1 Å². The molecule has 2 atom stereocenters. The molecule has 25 heavy (non-hydrogen) atoms. The minimum absolute atomic E-state index is 0.149. The topological polar surface area (TPSA) is 86.3 Å². The van der Waals surface area contributed by atoms with Gasteiger partial charge in [0.05, 0.1) is 5.92 Å². The summed E-state index contributed by atoms with van der Waals surface area (Å²) in [4.78, 5) is 26.3. The number of rotatable bonds is 3. The first-order chi connectivity index (χ1) is 12.1. The van der Waals surface area contributed by atoms with Gasteiger partial charge >= 0.3 is 5.97 Å². The summed E-state index contributed by atoms with van der Waals surface area (Å²) in [7, 11) is 0. The molecule has 6 heteroatoms. The second-order valence-electron chi connectivity index (χ2n) is 6.91. The molecule has 0 saturated carbocycles. The highest BCUT2D eigenvalue weighted by Crippen LogP contribution is 2.34. The summed E-state index contributed by atoms with van der Waals surface area (Å²) >= 11 is 0. The van der Waals surface area contributed by atoms with E-state index in [9.17, 15) is 14.7 Å². The Bertz CT molecular complexity index is 800. The number of carbonyl (C=O) groups is 2. The van der Waals surface area contributed by atoms with E-state index in [4.69, 9.17) is 0 Å². The van der Waals surface area contributed by atoms with Crippen molar-refractivity contribution in [3.63, 3.8) is 0 Å². The number of hydrogen-bond acceptors (Lipinski definition) is 3. The van der Waals surface area contributed by atoms with E-state index in [1.807, 2.05) is 30.3 Å². The van der Waals surface area contributed by atoms with Gasteiger partial charge in [0.1, 0.15) is 0 Å². The molecule has 1 amide bonds. The van der Waals surface area contributed by atoms with Crippen LogP contribution in [0.15, 0.2) is 30.3 Å².